The first kappa shape index (κ1) is 10.5. The zero-order valence-corrected chi connectivity index (χ0v) is 9.21. The Morgan fingerprint density at radius 2 is 1.89 bits per heavy atom. The Labute approximate surface area is 101 Å². The lowest BCUT2D eigenvalue weighted by molar-refractivity contribution is 0.0694. The minimum absolute atomic E-state index is 0.0101. The molecular formula is C14H8O4. The van der Waals surface area contributed by atoms with Gasteiger partial charge in [-0.15, -0.1) is 0 Å². The summed E-state index contributed by atoms with van der Waals surface area (Å²) in [5, 5.41) is 10.4. The molecule has 3 aromatic rings. The third kappa shape index (κ3) is 1.32. The zero-order chi connectivity index (χ0) is 12.7. The van der Waals surface area contributed by atoms with Crippen LogP contribution in [0.1, 0.15) is 20.7 Å². The molecule has 0 fully saturated rings. The van der Waals surface area contributed by atoms with E-state index in [1.165, 1.54) is 6.07 Å². The van der Waals surface area contributed by atoms with Crippen LogP contribution in [0.25, 0.3) is 21.9 Å². The summed E-state index contributed by atoms with van der Waals surface area (Å²) in [7, 11) is 0. The third-order valence-electron chi connectivity index (χ3n) is 2.93. The minimum atomic E-state index is -1.12. The van der Waals surface area contributed by atoms with Crippen LogP contribution in [0.4, 0.5) is 0 Å². The SMILES string of the molecule is O=Cc1c(C(=O)O)ccc2oc3ccccc3c12. The summed E-state index contributed by atoms with van der Waals surface area (Å²) < 4.78 is 5.58. The maximum absolute atomic E-state index is 11.2. The zero-order valence-electron chi connectivity index (χ0n) is 9.21. The van der Waals surface area contributed by atoms with Crippen LogP contribution in [0.2, 0.25) is 0 Å². The van der Waals surface area contributed by atoms with Gasteiger partial charge in [0, 0.05) is 16.3 Å². The number of carboxylic acids is 1. The second-order valence-electron chi connectivity index (χ2n) is 3.92. The molecule has 0 atom stereocenters. The third-order valence-corrected chi connectivity index (χ3v) is 2.93. The summed E-state index contributed by atoms with van der Waals surface area (Å²) in [4.78, 5) is 22.3. The van der Waals surface area contributed by atoms with Gasteiger partial charge >= 0.3 is 5.97 Å². The Morgan fingerprint density at radius 3 is 2.61 bits per heavy atom. The Hall–Kier alpha value is -2.62. The van der Waals surface area contributed by atoms with Gasteiger partial charge in [0.1, 0.15) is 11.2 Å². The molecular weight excluding hydrogens is 232 g/mol. The van der Waals surface area contributed by atoms with Crippen LogP contribution in [-0.2, 0) is 0 Å². The molecule has 0 aliphatic heterocycles. The summed E-state index contributed by atoms with van der Waals surface area (Å²) >= 11 is 0. The second kappa shape index (κ2) is 3.70. The van der Waals surface area contributed by atoms with Crippen LogP contribution in [0.15, 0.2) is 40.8 Å². The molecule has 2 aromatic carbocycles. The number of carbonyl (C=O) groups is 2. The molecule has 0 unspecified atom stereocenters. The molecule has 0 aliphatic rings. The number of furan rings is 1. The van der Waals surface area contributed by atoms with Gasteiger partial charge in [0.15, 0.2) is 6.29 Å². The van der Waals surface area contributed by atoms with Crippen LogP contribution >= 0.6 is 0 Å². The first-order valence-corrected chi connectivity index (χ1v) is 5.35. The molecule has 0 saturated heterocycles. The summed E-state index contributed by atoms with van der Waals surface area (Å²) in [6, 6.07) is 10.2. The van der Waals surface area contributed by atoms with Crippen LogP contribution in [0.3, 0.4) is 0 Å². The molecule has 0 spiro atoms. The highest BCUT2D eigenvalue weighted by atomic mass is 16.4. The lowest BCUT2D eigenvalue weighted by Gasteiger charge is -2.00. The average Bonchev–Trinajstić information content (AvgIpc) is 2.75. The normalized spacial score (nSPS) is 10.9. The molecule has 4 heteroatoms. The molecule has 4 nitrogen and oxygen atoms in total. The van der Waals surface area contributed by atoms with E-state index in [4.69, 9.17) is 9.52 Å². The maximum Gasteiger partial charge on any atom is 0.336 e. The van der Waals surface area contributed by atoms with Crippen LogP contribution in [-0.4, -0.2) is 17.4 Å². The monoisotopic (exact) mass is 240 g/mol. The number of hydrogen-bond acceptors (Lipinski definition) is 3. The van der Waals surface area contributed by atoms with Crippen molar-refractivity contribution < 1.29 is 19.1 Å². The molecule has 1 N–H and O–H groups in total. The molecule has 0 aliphatic carbocycles. The molecule has 3 rings (SSSR count). The largest absolute Gasteiger partial charge is 0.478 e. The minimum Gasteiger partial charge on any atom is -0.478 e. The second-order valence-corrected chi connectivity index (χ2v) is 3.92. The molecule has 0 radical (unpaired) electrons. The summed E-state index contributed by atoms with van der Waals surface area (Å²) in [6.07, 6.45) is 0.563. The van der Waals surface area contributed by atoms with Crippen molar-refractivity contribution in [2.75, 3.05) is 0 Å². The lowest BCUT2D eigenvalue weighted by Crippen LogP contribution is -2.01. The van der Waals surface area contributed by atoms with E-state index in [0.717, 1.165) is 5.39 Å². The van der Waals surface area contributed by atoms with E-state index < -0.39 is 5.97 Å². The summed E-state index contributed by atoms with van der Waals surface area (Å²) in [6.45, 7) is 0. The Morgan fingerprint density at radius 1 is 1.11 bits per heavy atom. The van der Waals surface area contributed by atoms with Gasteiger partial charge in [-0.25, -0.2) is 4.79 Å². The van der Waals surface area contributed by atoms with Crippen molar-refractivity contribution in [3.63, 3.8) is 0 Å². The van der Waals surface area contributed by atoms with Crippen molar-refractivity contribution in [1.29, 1.82) is 0 Å². The molecule has 1 heterocycles. The Kier molecular flexibility index (Phi) is 2.16. The first-order chi connectivity index (χ1) is 8.72. The predicted molar refractivity (Wildman–Crippen MR) is 66.1 cm³/mol. The highest BCUT2D eigenvalue weighted by molar-refractivity contribution is 6.16. The van der Waals surface area contributed by atoms with Crippen molar-refractivity contribution >= 4 is 34.2 Å². The van der Waals surface area contributed by atoms with Gasteiger partial charge in [-0.3, -0.25) is 4.79 Å². The smallest absolute Gasteiger partial charge is 0.336 e. The number of benzene rings is 2. The lowest BCUT2D eigenvalue weighted by atomic mass is 10.0. The quantitative estimate of drug-likeness (QED) is 0.699. The molecule has 88 valence electrons. The number of rotatable bonds is 2. The van der Waals surface area contributed by atoms with E-state index in [9.17, 15) is 9.59 Å². The number of carbonyl (C=O) groups excluding carboxylic acids is 1. The molecule has 1 aromatic heterocycles. The number of hydrogen-bond donors (Lipinski definition) is 1. The Bertz CT molecular complexity index is 783. The number of fused-ring (bicyclic) bond motifs is 3. The standard InChI is InChI=1S/C14H8O4/c15-7-10-8(14(16)17)5-6-12-13(10)9-3-1-2-4-11(9)18-12/h1-7H,(H,16,17). The van der Waals surface area contributed by atoms with Crippen molar-refractivity contribution in [2.45, 2.75) is 0 Å². The highest BCUT2D eigenvalue weighted by Crippen LogP contribution is 2.32. The fourth-order valence-electron chi connectivity index (χ4n) is 2.15. The molecule has 18 heavy (non-hydrogen) atoms. The van der Waals surface area contributed by atoms with Gasteiger partial charge in [-0.05, 0) is 18.2 Å². The van der Waals surface area contributed by atoms with Crippen molar-refractivity contribution in [2.24, 2.45) is 0 Å². The van der Waals surface area contributed by atoms with Gasteiger partial charge in [0.2, 0.25) is 0 Å². The fraction of sp³-hybridized carbons (Fsp3) is 0. The van der Waals surface area contributed by atoms with Gasteiger partial charge in [0.05, 0.1) is 5.56 Å². The number of para-hydroxylation sites is 1. The topological polar surface area (TPSA) is 67.5 Å². The molecule has 0 bridgehead atoms. The maximum atomic E-state index is 11.2. The number of aromatic carboxylic acids is 1. The number of carboxylic acid groups (broad SMARTS) is 1. The summed E-state index contributed by atoms with van der Waals surface area (Å²) in [5.41, 5.74) is 1.30. The number of aldehydes is 1. The van der Waals surface area contributed by atoms with E-state index in [1.54, 1.807) is 18.2 Å². The first-order valence-electron chi connectivity index (χ1n) is 5.35. The van der Waals surface area contributed by atoms with Crippen molar-refractivity contribution in [1.82, 2.24) is 0 Å². The van der Waals surface area contributed by atoms with E-state index >= 15 is 0 Å². The van der Waals surface area contributed by atoms with Crippen LogP contribution in [0.5, 0.6) is 0 Å². The van der Waals surface area contributed by atoms with Gasteiger partial charge < -0.3 is 9.52 Å². The van der Waals surface area contributed by atoms with Gasteiger partial charge in [-0.1, -0.05) is 18.2 Å². The fourth-order valence-corrected chi connectivity index (χ4v) is 2.15. The highest BCUT2D eigenvalue weighted by Gasteiger charge is 2.17. The molecule has 0 amide bonds. The van der Waals surface area contributed by atoms with Crippen LogP contribution in [0, 0.1) is 0 Å². The van der Waals surface area contributed by atoms with Gasteiger partial charge in [0.25, 0.3) is 0 Å². The Balaban J connectivity index is 2.56. The van der Waals surface area contributed by atoms with E-state index in [0.29, 0.717) is 22.8 Å². The van der Waals surface area contributed by atoms with Crippen molar-refractivity contribution in [3.05, 3.63) is 47.5 Å². The van der Waals surface area contributed by atoms with E-state index in [2.05, 4.69) is 0 Å². The van der Waals surface area contributed by atoms with Crippen molar-refractivity contribution in [3.8, 4) is 0 Å². The summed E-state index contributed by atoms with van der Waals surface area (Å²) in [5.74, 6) is -1.12. The van der Waals surface area contributed by atoms with E-state index in [-0.39, 0.29) is 11.1 Å². The van der Waals surface area contributed by atoms with Gasteiger partial charge in [-0.2, -0.15) is 0 Å². The predicted octanol–water partition coefficient (Wildman–Crippen LogP) is 3.10. The van der Waals surface area contributed by atoms with Crippen LogP contribution < -0.4 is 0 Å². The van der Waals surface area contributed by atoms with E-state index in [1.807, 2.05) is 12.1 Å². The molecule has 0 saturated carbocycles. The average molecular weight is 240 g/mol.